The van der Waals surface area contributed by atoms with Crippen LogP contribution in [0.15, 0.2) is 120 Å². The lowest BCUT2D eigenvalue weighted by atomic mass is 10.3. The Morgan fingerprint density at radius 2 is 1.11 bits per heavy atom. The molecule has 0 heterocycles. The average molecular weight is 495 g/mol. The molecule has 0 aliphatic carbocycles. The molecule has 9 heteroatoms. The van der Waals surface area contributed by atoms with E-state index in [1.165, 1.54) is 0 Å². The number of non-ortho nitro benzene ring substituents is 1. The van der Waals surface area contributed by atoms with Gasteiger partial charge in [0.2, 0.25) is 0 Å². The van der Waals surface area contributed by atoms with E-state index < -0.39 is 24.5 Å². The van der Waals surface area contributed by atoms with Gasteiger partial charge in [-0.2, -0.15) is 13.2 Å². The first-order chi connectivity index (χ1) is 16.8. The molecular weight excluding hydrogens is 476 g/mol. The molecule has 0 atom stereocenters. The minimum absolute atomic E-state index is 0.116. The highest BCUT2D eigenvalue weighted by Crippen LogP contribution is 2.57. The zero-order valence-electron chi connectivity index (χ0n) is 18.2. The highest BCUT2D eigenvalue weighted by molar-refractivity contribution is 7.92. The molecule has 5 nitrogen and oxygen atoms in total. The number of benzene rings is 4. The third-order valence-corrected chi connectivity index (χ3v) is 8.64. The van der Waals surface area contributed by atoms with Crippen molar-refractivity contribution in [3.63, 3.8) is 0 Å². The van der Waals surface area contributed by atoms with Crippen molar-refractivity contribution < 1.29 is 22.6 Å². The van der Waals surface area contributed by atoms with Crippen LogP contribution >= 0.6 is 7.49 Å². The van der Waals surface area contributed by atoms with E-state index in [2.05, 4.69) is 4.99 Å². The SMILES string of the molecule is O=[N+]([O-])c1ccc(N=C(O[P+](c2ccccc2)(c2ccccc2)c2ccccc2)C(F)(F)F)cc1. The summed E-state index contributed by atoms with van der Waals surface area (Å²) >= 11 is 0. The van der Waals surface area contributed by atoms with E-state index in [1.807, 2.05) is 0 Å². The summed E-state index contributed by atoms with van der Waals surface area (Å²) in [5, 5.41) is 12.7. The summed E-state index contributed by atoms with van der Waals surface area (Å²) in [7, 11) is -3.33. The number of rotatable bonds is 6. The van der Waals surface area contributed by atoms with Gasteiger partial charge in [0.25, 0.3) is 13.2 Å². The van der Waals surface area contributed by atoms with Crippen molar-refractivity contribution in [2.75, 3.05) is 0 Å². The summed E-state index contributed by atoms with van der Waals surface area (Å²) in [6.07, 6.45) is -4.93. The van der Waals surface area contributed by atoms with Crippen LogP contribution in [0.1, 0.15) is 0 Å². The zero-order valence-corrected chi connectivity index (χ0v) is 19.1. The second-order valence-electron chi connectivity index (χ2n) is 7.40. The Morgan fingerprint density at radius 1 is 0.714 bits per heavy atom. The molecule has 0 aliphatic heterocycles. The van der Waals surface area contributed by atoms with E-state index in [-0.39, 0.29) is 11.4 Å². The standard InChI is InChI=1S/C26H19F3N2O3P/c27-26(28,29)25(30-20-16-18-21(19-17-20)31(32)33)34-35(22-10-4-1-5-11-22,23-12-6-2-7-13-23)24-14-8-3-9-15-24/h1-19H/q+1. The lowest BCUT2D eigenvalue weighted by molar-refractivity contribution is -0.384. The Kier molecular flexibility index (Phi) is 6.94. The Hall–Kier alpha value is -4.03. The Labute approximate surface area is 200 Å². The molecule has 0 radical (unpaired) electrons. The molecule has 0 aromatic heterocycles. The van der Waals surface area contributed by atoms with E-state index in [0.717, 1.165) is 24.3 Å². The van der Waals surface area contributed by atoms with Crippen molar-refractivity contribution in [3.05, 3.63) is 125 Å². The van der Waals surface area contributed by atoms with Crippen molar-refractivity contribution >= 4 is 40.7 Å². The van der Waals surface area contributed by atoms with Crippen LogP contribution < -0.4 is 15.9 Å². The van der Waals surface area contributed by atoms with Gasteiger partial charge in [0, 0.05) is 12.1 Å². The molecule has 0 saturated carbocycles. The number of hydrogen-bond acceptors (Lipinski definition) is 4. The third kappa shape index (κ3) is 5.23. The van der Waals surface area contributed by atoms with E-state index >= 15 is 0 Å². The maximum Gasteiger partial charge on any atom is 0.473 e. The maximum absolute atomic E-state index is 14.3. The summed E-state index contributed by atoms with van der Waals surface area (Å²) in [5.41, 5.74) is -0.367. The summed E-state index contributed by atoms with van der Waals surface area (Å²) in [6.45, 7) is 0. The minimum Gasteiger partial charge on any atom is -0.309 e. The van der Waals surface area contributed by atoms with Gasteiger partial charge in [0.1, 0.15) is 15.9 Å². The van der Waals surface area contributed by atoms with Gasteiger partial charge < -0.3 is 4.52 Å². The Bertz CT molecular complexity index is 1220. The van der Waals surface area contributed by atoms with Gasteiger partial charge in [0.15, 0.2) is 0 Å². The van der Waals surface area contributed by atoms with Crippen LogP contribution in [-0.2, 0) is 4.52 Å². The normalized spacial score (nSPS) is 12.3. The predicted molar refractivity (Wildman–Crippen MR) is 132 cm³/mol. The second-order valence-corrected chi connectivity index (χ2v) is 10.3. The number of nitrogens with zero attached hydrogens (tertiary/aromatic N) is 2. The molecule has 0 aliphatic rings. The van der Waals surface area contributed by atoms with Crippen LogP contribution in [-0.4, -0.2) is 17.0 Å². The smallest absolute Gasteiger partial charge is 0.309 e. The van der Waals surface area contributed by atoms with Gasteiger partial charge in [-0.1, -0.05) is 54.6 Å². The van der Waals surface area contributed by atoms with Crippen LogP contribution in [0.3, 0.4) is 0 Å². The molecule has 0 spiro atoms. The van der Waals surface area contributed by atoms with Crippen LogP contribution in [0.4, 0.5) is 24.5 Å². The average Bonchev–Trinajstić information content (AvgIpc) is 2.88. The monoisotopic (exact) mass is 495 g/mol. The Balaban J connectivity index is 1.95. The molecule has 4 aromatic carbocycles. The first kappa shape index (κ1) is 24.1. The minimum atomic E-state index is -4.93. The van der Waals surface area contributed by atoms with Gasteiger partial charge in [-0.15, -0.1) is 0 Å². The van der Waals surface area contributed by atoms with Gasteiger partial charge >= 0.3 is 12.1 Å². The largest absolute Gasteiger partial charge is 0.473 e. The fourth-order valence-electron chi connectivity index (χ4n) is 3.55. The van der Waals surface area contributed by atoms with E-state index in [1.54, 1.807) is 91.0 Å². The van der Waals surface area contributed by atoms with Crippen molar-refractivity contribution in [2.24, 2.45) is 4.99 Å². The first-order valence-electron chi connectivity index (χ1n) is 10.5. The maximum atomic E-state index is 14.3. The highest BCUT2D eigenvalue weighted by Gasteiger charge is 2.55. The van der Waals surface area contributed by atoms with Gasteiger partial charge in [0.05, 0.1) is 10.6 Å². The zero-order chi connectivity index (χ0) is 24.9. The lowest BCUT2D eigenvalue weighted by Gasteiger charge is -2.27. The summed E-state index contributed by atoms with van der Waals surface area (Å²) < 4.78 is 49.1. The van der Waals surface area contributed by atoms with E-state index in [0.29, 0.717) is 15.9 Å². The molecule has 35 heavy (non-hydrogen) atoms. The van der Waals surface area contributed by atoms with Crippen LogP contribution in [0.5, 0.6) is 0 Å². The molecule has 4 aromatic rings. The molecule has 0 unspecified atom stereocenters. The number of alkyl halides is 3. The molecule has 0 fully saturated rings. The number of aliphatic imine (C=N–C) groups is 1. The third-order valence-electron chi connectivity index (χ3n) is 5.12. The van der Waals surface area contributed by atoms with Gasteiger partial charge in [-0.25, -0.2) is 4.99 Å². The number of halogens is 3. The summed E-state index contributed by atoms with van der Waals surface area (Å²) in [5.74, 6) is -1.43. The van der Waals surface area contributed by atoms with Crippen molar-refractivity contribution in [3.8, 4) is 0 Å². The molecule has 0 saturated heterocycles. The number of nitro benzene ring substituents is 1. The molecule has 0 bridgehead atoms. The van der Waals surface area contributed by atoms with Crippen molar-refractivity contribution in [2.45, 2.75) is 6.18 Å². The van der Waals surface area contributed by atoms with Crippen LogP contribution in [0.25, 0.3) is 0 Å². The first-order valence-corrected chi connectivity index (χ1v) is 12.2. The van der Waals surface area contributed by atoms with E-state index in [9.17, 15) is 23.3 Å². The molecule has 176 valence electrons. The summed E-state index contributed by atoms with van der Waals surface area (Å²) in [6, 6.07) is 30.8. The Morgan fingerprint density at radius 3 is 1.46 bits per heavy atom. The molecule has 4 rings (SSSR count). The van der Waals surface area contributed by atoms with Crippen molar-refractivity contribution in [1.82, 2.24) is 0 Å². The van der Waals surface area contributed by atoms with Gasteiger partial charge in [-0.05, 0) is 48.5 Å². The highest BCUT2D eigenvalue weighted by atomic mass is 31.2. The van der Waals surface area contributed by atoms with E-state index in [4.69, 9.17) is 4.52 Å². The molecular formula is C26H19F3N2O3P+. The van der Waals surface area contributed by atoms with Crippen LogP contribution in [0, 0.1) is 10.1 Å². The fraction of sp³-hybridized carbons (Fsp3) is 0.0385. The van der Waals surface area contributed by atoms with Crippen molar-refractivity contribution in [1.29, 1.82) is 0 Å². The van der Waals surface area contributed by atoms with Crippen LogP contribution in [0.2, 0.25) is 0 Å². The molecule has 0 N–H and O–H groups in total. The second kappa shape index (κ2) is 10.1. The molecule has 0 amide bonds. The number of nitro groups is 1. The topological polar surface area (TPSA) is 64.7 Å². The predicted octanol–water partition coefficient (Wildman–Crippen LogP) is 6.11. The quantitative estimate of drug-likeness (QED) is 0.107. The number of hydrogen-bond donors (Lipinski definition) is 0. The summed E-state index contributed by atoms with van der Waals surface area (Å²) in [4.78, 5) is 14.1. The lowest BCUT2D eigenvalue weighted by Crippen LogP contribution is -2.38. The fourth-order valence-corrected chi connectivity index (χ4v) is 6.94. The van der Waals surface area contributed by atoms with Gasteiger partial charge in [-0.3, -0.25) is 10.1 Å².